The predicted octanol–water partition coefficient (Wildman–Crippen LogP) is 2.47. The molecule has 0 spiro atoms. The molecule has 0 aliphatic heterocycles. The minimum Gasteiger partial charge on any atom is -0.481 e. The zero-order valence-electron chi connectivity index (χ0n) is 11.9. The first kappa shape index (κ1) is 18.5. The zero-order valence-corrected chi connectivity index (χ0v) is 11.9. The molecule has 2 amide bonds. The van der Waals surface area contributed by atoms with Gasteiger partial charge in [-0.05, 0) is 12.8 Å². The van der Waals surface area contributed by atoms with Gasteiger partial charge in [0.25, 0.3) is 0 Å². The third-order valence-electron chi connectivity index (χ3n) is 3.46. The number of urea groups is 1. The van der Waals surface area contributed by atoms with Crippen molar-refractivity contribution in [2.75, 3.05) is 20.1 Å². The summed E-state index contributed by atoms with van der Waals surface area (Å²) in [7, 11) is 1.24. The van der Waals surface area contributed by atoms with Gasteiger partial charge in [-0.15, -0.1) is 0 Å². The van der Waals surface area contributed by atoms with Gasteiger partial charge in [0.2, 0.25) is 0 Å². The van der Waals surface area contributed by atoms with Gasteiger partial charge in [-0.1, -0.05) is 13.8 Å². The van der Waals surface area contributed by atoms with Crippen LogP contribution in [0.5, 0.6) is 0 Å². The Labute approximate surface area is 116 Å². The van der Waals surface area contributed by atoms with Crippen molar-refractivity contribution >= 4 is 12.0 Å². The molecule has 5 nitrogen and oxygen atoms in total. The van der Waals surface area contributed by atoms with Crippen LogP contribution in [0.3, 0.4) is 0 Å². The van der Waals surface area contributed by atoms with Crippen molar-refractivity contribution < 1.29 is 27.9 Å². The van der Waals surface area contributed by atoms with Gasteiger partial charge in [-0.2, -0.15) is 13.2 Å². The number of carboxylic acid groups (broad SMARTS) is 1. The topological polar surface area (TPSA) is 69.6 Å². The lowest BCUT2D eigenvalue weighted by molar-refractivity contribution is -0.149. The monoisotopic (exact) mass is 298 g/mol. The fourth-order valence-electron chi connectivity index (χ4n) is 1.65. The maximum atomic E-state index is 12.0. The number of hydrogen-bond donors (Lipinski definition) is 2. The molecule has 0 radical (unpaired) electrons. The lowest BCUT2D eigenvalue weighted by Gasteiger charge is -2.28. The third-order valence-corrected chi connectivity index (χ3v) is 3.46. The van der Waals surface area contributed by atoms with E-state index in [0.29, 0.717) is 12.8 Å². The summed E-state index contributed by atoms with van der Waals surface area (Å²) in [5.74, 6) is -1.03. The third kappa shape index (κ3) is 5.66. The second-order valence-corrected chi connectivity index (χ2v) is 4.74. The molecule has 0 unspecified atom stereocenters. The molecule has 0 atom stereocenters. The molecule has 8 heteroatoms. The molecule has 0 aromatic rings. The van der Waals surface area contributed by atoms with Crippen molar-refractivity contribution in [1.82, 2.24) is 10.2 Å². The SMILES string of the molecule is CCC(CC)(CNC(=O)N(C)CCC(F)(F)F)C(=O)O. The van der Waals surface area contributed by atoms with Crippen molar-refractivity contribution in [2.24, 2.45) is 5.41 Å². The number of nitrogens with one attached hydrogen (secondary N) is 1. The van der Waals surface area contributed by atoms with Crippen LogP contribution in [-0.2, 0) is 4.79 Å². The molecule has 0 bridgehead atoms. The number of alkyl halides is 3. The molecule has 0 saturated carbocycles. The van der Waals surface area contributed by atoms with E-state index in [-0.39, 0.29) is 6.54 Å². The maximum absolute atomic E-state index is 12.0. The normalized spacial score (nSPS) is 12.1. The number of carboxylic acids is 1. The Balaban J connectivity index is 4.43. The first-order valence-corrected chi connectivity index (χ1v) is 6.37. The van der Waals surface area contributed by atoms with E-state index in [1.165, 1.54) is 7.05 Å². The van der Waals surface area contributed by atoms with Gasteiger partial charge in [-0.3, -0.25) is 4.79 Å². The van der Waals surface area contributed by atoms with Gasteiger partial charge in [0.05, 0.1) is 11.8 Å². The lowest BCUT2D eigenvalue weighted by atomic mass is 9.82. The van der Waals surface area contributed by atoms with E-state index in [1.54, 1.807) is 13.8 Å². The fourth-order valence-corrected chi connectivity index (χ4v) is 1.65. The number of nitrogens with zero attached hydrogens (tertiary/aromatic N) is 1. The number of aliphatic carboxylic acids is 1. The highest BCUT2D eigenvalue weighted by atomic mass is 19.4. The Morgan fingerprint density at radius 3 is 2.05 bits per heavy atom. The molecular formula is C12H21F3N2O3. The minimum atomic E-state index is -4.33. The molecule has 0 heterocycles. The van der Waals surface area contributed by atoms with Crippen molar-refractivity contribution in [3.8, 4) is 0 Å². The summed E-state index contributed by atoms with van der Waals surface area (Å²) >= 11 is 0. The van der Waals surface area contributed by atoms with E-state index in [0.717, 1.165) is 4.90 Å². The average molecular weight is 298 g/mol. The fraction of sp³-hybridized carbons (Fsp3) is 0.833. The van der Waals surface area contributed by atoms with E-state index in [9.17, 15) is 27.9 Å². The van der Waals surface area contributed by atoms with Crippen LogP contribution in [0.25, 0.3) is 0 Å². The van der Waals surface area contributed by atoms with Crippen LogP contribution < -0.4 is 5.32 Å². The van der Waals surface area contributed by atoms with Crippen molar-refractivity contribution in [1.29, 1.82) is 0 Å². The summed E-state index contributed by atoms with van der Waals surface area (Å²) in [6, 6.07) is -0.707. The second kappa shape index (κ2) is 7.35. The zero-order chi connectivity index (χ0) is 16.0. The largest absolute Gasteiger partial charge is 0.481 e. The van der Waals surface area contributed by atoms with E-state index >= 15 is 0 Å². The maximum Gasteiger partial charge on any atom is 0.390 e. The molecule has 0 fully saturated rings. The van der Waals surface area contributed by atoms with Crippen LogP contribution in [0.4, 0.5) is 18.0 Å². The molecule has 0 saturated heterocycles. The summed E-state index contributed by atoms with van der Waals surface area (Å²) in [6.07, 6.45) is -4.77. The first-order valence-electron chi connectivity index (χ1n) is 6.37. The summed E-state index contributed by atoms with van der Waals surface area (Å²) in [5, 5.41) is 11.6. The lowest BCUT2D eigenvalue weighted by Crippen LogP contribution is -2.46. The molecule has 0 aromatic carbocycles. The highest BCUT2D eigenvalue weighted by molar-refractivity contribution is 5.78. The molecule has 20 heavy (non-hydrogen) atoms. The summed E-state index contributed by atoms with van der Waals surface area (Å²) < 4.78 is 36.1. The Bertz CT molecular complexity index is 341. The van der Waals surface area contributed by atoms with Crippen molar-refractivity contribution in [3.05, 3.63) is 0 Å². The molecule has 2 N–H and O–H groups in total. The van der Waals surface area contributed by atoms with Gasteiger partial charge in [0.1, 0.15) is 0 Å². The van der Waals surface area contributed by atoms with Crippen LogP contribution in [0, 0.1) is 5.41 Å². The molecular weight excluding hydrogens is 277 g/mol. The van der Waals surface area contributed by atoms with Gasteiger partial charge < -0.3 is 15.3 Å². The highest BCUT2D eigenvalue weighted by Crippen LogP contribution is 2.25. The molecule has 0 rings (SSSR count). The first-order chi connectivity index (χ1) is 9.08. The second-order valence-electron chi connectivity index (χ2n) is 4.74. The number of carbonyl (C=O) groups is 2. The van der Waals surface area contributed by atoms with Crippen molar-refractivity contribution in [2.45, 2.75) is 39.3 Å². The van der Waals surface area contributed by atoms with E-state index < -0.39 is 36.6 Å². The Morgan fingerprint density at radius 2 is 1.70 bits per heavy atom. The number of rotatable bonds is 7. The van der Waals surface area contributed by atoms with Crippen LogP contribution in [0.2, 0.25) is 0 Å². The number of hydrogen-bond acceptors (Lipinski definition) is 2. The number of amides is 2. The van der Waals surface area contributed by atoms with Crippen molar-refractivity contribution in [3.63, 3.8) is 0 Å². The van der Waals surface area contributed by atoms with Gasteiger partial charge >= 0.3 is 18.2 Å². The molecule has 0 aliphatic carbocycles. The number of halogens is 3. The molecule has 0 aromatic heterocycles. The summed E-state index contributed by atoms with van der Waals surface area (Å²) in [6.45, 7) is 2.81. The number of carbonyl (C=O) groups excluding carboxylic acids is 1. The predicted molar refractivity (Wildman–Crippen MR) is 67.4 cm³/mol. The highest BCUT2D eigenvalue weighted by Gasteiger charge is 2.35. The minimum absolute atomic E-state index is 0.107. The van der Waals surface area contributed by atoms with E-state index in [1.807, 2.05) is 0 Å². The Kier molecular flexibility index (Phi) is 6.81. The average Bonchev–Trinajstić information content (AvgIpc) is 2.36. The van der Waals surface area contributed by atoms with Gasteiger partial charge in [0.15, 0.2) is 0 Å². The summed E-state index contributed by atoms with van der Waals surface area (Å²) in [4.78, 5) is 23.7. The van der Waals surface area contributed by atoms with E-state index in [2.05, 4.69) is 5.32 Å². The van der Waals surface area contributed by atoms with Gasteiger partial charge in [0, 0.05) is 20.1 Å². The van der Waals surface area contributed by atoms with Crippen LogP contribution in [0.1, 0.15) is 33.1 Å². The Hall–Kier alpha value is -1.47. The quantitative estimate of drug-likeness (QED) is 0.758. The Morgan fingerprint density at radius 1 is 1.20 bits per heavy atom. The van der Waals surface area contributed by atoms with Crippen LogP contribution >= 0.6 is 0 Å². The smallest absolute Gasteiger partial charge is 0.390 e. The van der Waals surface area contributed by atoms with E-state index in [4.69, 9.17) is 0 Å². The molecule has 118 valence electrons. The van der Waals surface area contributed by atoms with Crippen LogP contribution in [-0.4, -0.2) is 48.3 Å². The standard InChI is InChI=1S/C12H21F3N2O3/c1-4-11(5-2,9(18)19)8-16-10(20)17(3)7-6-12(13,14)15/h4-8H2,1-3H3,(H,16,20)(H,18,19). The van der Waals surface area contributed by atoms with Gasteiger partial charge in [-0.25, -0.2) is 4.79 Å². The molecule has 0 aliphatic rings. The summed E-state index contributed by atoms with van der Waals surface area (Å²) in [5.41, 5.74) is -1.08. The van der Waals surface area contributed by atoms with Crippen LogP contribution in [0.15, 0.2) is 0 Å².